The van der Waals surface area contributed by atoms with Gasteiger partial charge in [-0.15, -0.1) is 0 Å². The normalized spacial score (nSPS) is 14.1. The molecule has 2 aromatic carbocycles. The number of Topliss-reactive ketones (excluding diaryl/α,β-unsaturated/α-hetero) is 1. The summed E-state index contributed by atoms with van der Waals surface area (Å²) >= 11 is 0. The molecule has 0 fully saturated rings. The van der Waals surface area contributed by atoms with Gasteiger partial charge in [-0.2, -0.15) is 0 Å². The Labute approximate surface area is 175 Å². The van der Waals surface area contributed by atoms with E-state index in [0.717, 1.165) is 11.1 Å². The van der Waals surface area contributed by atoms with Crippen LogP contribution in [-0.4, -0.2) is 36.1 Å². The Morgan fingerprint density at radius 3 is 2.60 bits per heavy atom. The molecule has 1 heterocycles. The summed E-state index contributed by atoms with van der Waals surface area (Å²) in [7, 11) is 0. The van der Waals surface area contributed by atoms with Crippen molar-refractivity contribution in [2.75, 3.05) is 11.9 Å². The van der Waals surface area contributed by atoms with E-state index in [9.17, 15) is 14.4 Å². The Hall–Kier alpha value is -3.48. The first-order chi connectivity index (χ1) is 14.4. The molecular weight excluding hydrogens is 382 g/mol. The number of ketones is 1. The summed E-state index contributed by atoms with van der Waals surface area (Å²) in [5.74, 6) is 0.342. The SMILES string of the molecule is CCC(Oc1ccc(C)cc1C)C(=O)Nc1cccc(C(=O)NC2=NCC(=O)C2)c1. The number of amides is 2. The van der Waals surface area contributed by atoms with Crippen molar-refractivity contribution in [2.24, 2.45) is 4.99 Å². The van der Waals surface area contributed by atoms with E-state index in [1.807, 2.05) is 39.0 Å². The third-order valence-electron chi connectivity index (χ3n) is 4.72. The van der Waals surface area contributed by atoms with Crippen molar-refractivity contribution >= 4 is 29.1 Å². The summed E-state index contributed by atoms with van der Waals surface area (Å²) in [5.41, 5.74) is 2.94. The molecule has 0 saturated carbocycles. The topological polar surface area (TPSA) is 96.9 Å². The molecule has 30 heavy (non-hydrogen) atoms. The summed E-state index contributed by atoms with van der Waals surface area (Å²) < 4.78 is 5.92. The van der Waals surface area contributed by atoms with Gasteiger partial charge in [-0.3, -0.25) is 19.4 Å². The Balaban J connectivity index is 1.65. The number of carbonyl (C=O) groups excluding carboxylic acids is 3. The van der Waals surface area contributed by atoms with Gasteiger partial charge in [0.05, 0.1) is 13.0 Å². The summed E-state index contributed by atoms with van der Waals surface area (Å²) in [6, 6.07) is 12.4. The number of carbonyl (C=O) groups is 3. The zero-order chi connectivity index (χ0) is 21.7. The van der Waals surface area contributed by atoms with E-state index in [1.165, 1.54) is 0 Å². The van der Waals surface area contributed by atoms with Crippen LogP contribution in [0.3, 0.4) is 0 Å². The van der Waals surface area contributed by atoms with Gasteiger partial charge < -0.3 is 15.4 Å². The number of benzene rings is 2. The molecular formula is C23H25N3O4. The predicted octanol–water partition coefficient (Wildman–Crippen LogP) is 3.20. The first kappa shape index (κ1) is 21.2. The number of hydrogen-bond acceptors (Lipinski definition) is 5. The van der Waals surface area contributed by atoms with Crippen molar-refractivity contribution in [2.45, 2.75) is 39.7 Å². The van der Waals surface area contributed by atoms with Gasteiger partial charge in [0.15, 0.2) is 11.9 Å². The van der Waals surface area contributed by atoms with Gasteiger partial charge in [0.1, 0.15) is 11.6 Å². The van der Waals surface area contributed by atoms with Crippen LogP contribution in [0, 0.1) is 13.8 Å². The van der Waals surface area contributed by atoms with E-state index in [2.05, 4.69) is 15.6 Å². The average Bonchev–Trinajstić information content (AvgIpc) is 3.12. The second kappa shape index (κ2) is 9.35. The quantitative estimate of drug-likeness (QED) is 0.768. The molecule has 7 nitrogen and oxygen atoms in total. The van der Waals surface area contributed by atoms with Crippen LogP contribution in [0.2, 0.25) is 0 Å². The summed E-state index contributed by atoms with van der Waals surface area (Å²) in [6.07, 6.45) is -0.0359. The van der Waals surface area contributed by atoms with Crippen LogP contribution >= 0.6 is 0 Å². The second-order valence-corrected chi connectivity index (χ2v) is 7.29. The summed E-state index contributed by atoms with van der Waals surface area (Å²) in [4.78, 5) is 40.4. The second-order valence-electron chi connectivity index (χ2n) is 7.29. The molecule has 0 aromatic heterocycles. The van der Waals surface area contributed by atoms with E-state index in [1.54, 1.807) is 24.3 Å². The maximum atomic E-state index is 12.7. The number of aliphatic imine (C=N–C) groups is 1. The molecule has 1 unspecified atom stereocenters. The fourth-order valence-electron chi connectivity index (χ4n) is 3.14. The molecule has 0 radical (unpaired) electrons. The molecule has 156 valence electrons. The summed E-state index contributed by atoms with van der Waals surface area (Å²) in [5, 5.41) is 5.45. The van der Waals surface area contributed by atoms with Crippen LogP contribution in [0.25, 0.3) is 0 Å². The lowest BCUT2D eigenvalue weighted by Gasteiger charge is -2.19. The van der Waals surface area contributed by atoms with E-state index < -0.39 is 6.10 Å². The smallest absolute Gasteiger partial charge is 0.265 e. The van der Waals surface area contributed by atoms with Crippen LogP contribution < -0.4 is 15.4 Å². The molecule has 7 heteroatoms. The molecule has 2 amide bonds. The molecule has 2 N–H and O–H groups in total. The first-order valence-corrected chi connectivity index (χ1v) is 9.87. The molecule has 1 aliphatic rings. The predicted molar refractivity (Wildman–Crippen MR) is 115 cm³/mol. The standard InChI is InChI=1S/C23H25N3O4/c1-4-19(30-20-9-8-14(2)10-15(20)3)23(29)25-17-7-5-6-16(11-17)22(28)26-21-12-18(27)13-24-21/h5-11,19H,4,12-13H2,1-3H3,(H,25,29)(H,24,26,28). The third kappa shape index (κ3) is 5.31. The Kier molecular flexibility index (Phi) is 6.61. The van der Waals surface area contributed by atoms with Crippen LogP contribution in [0.15, 0.2) is 47.5 Å². The van der Waals surface area contributed by atoms with Gasteiger partial charge in [0.25, 0.3) is 11.8 Å². The van der Waals surface area contributed by atoms with Crippen molar-refractivity contribution < 1.29 is 19.1 Å². The van der Waals surface area contributed by atoms with E-state index in [-0.39, 0.29) is 30.6 Å². The average molecular weight is 407 g/mol. The maximum absolute atomic E-state index is 12.7. The maximum Gasteiger partial charge on any atom is 0.265 e. The number of nitrogens with one attached hydrogen (secondary N) is 2. The Morgan fingerprint density at radius 1 is 1.13 bits per heavy atom. The van der Waals surface area contributed by atoms with E-state index in [0.29, 0.717) is 29.3 Å². The van der Waals surface area contributed by atoms with Crippen molar-refractivity contribution in [3.63, 3.8) is 0 Å². The number of hydrogen-bond donors (Lipinski definition) is 2. The van der Waals surface area contributed by atoms with Gasteiger partial charge >= 0.3 is 0 Å². The van der Waals surface area contributed by atoms with Gasteiger partial charge in [0.2, 0.25) is 0 Å². The Bertz CT molecular complexity index is 1010. The number of aryl methyl sites for hydroxylation is 2. The highest BCUT2D eigenvalue weighted by atomic mass is 16.5. The number of ether oxygens (including phenoxy) is 1. The molecule has 1 atom stereocenters. The fourth-order valence-corrected chi connectivity index (χ4v) is 3.14. The zero-order valence-electron chi connectivity index (χ0n) is 17.3. The Morgan fingerprint density at radius 2 is 1.93 bits per heavy atom. The highest BCUT2D eigenvalue weighted by Gasteiger charge is 2.21. The van der Waals surface area contributed by atoms with Gasteiger partial charge in [-0.05, 0) is 50.1 Å². The van der Waals surface area contributed by atoms with Crippen molar-refractivity contribution in [3.8, 4) is 5.75 Å². The number of anilines is 1. The molecule has 1 aliphatic heterocycles. The van der Waals surface area contributed by atoms with Crippen LogP contribution in [0.1, 0.15) is 41.3 Å². The van der Waals surface area contributed by atoms with Crippen molar-refractivity contribution in [1.82, 2.24) is 5.32 Å². The van der Waals surface area contributed by atoms with E-state index in [4.69, 9.17) is 4.74 Å². The lowest BCUT2D eigenvalue weighted by atomic mass is 10.1. The number of rotatable bonds is 6. The molecule has 3 rings (SSSR count). The third-order valence-corrected chi connectivity index (χ3v) is 4.72. The monoisotopic (exact) mass is 407 g/mol. The first-order valence-electron chi connectivity index (χ1n) is 9.87. The van der Waals surface area contributed by atoms with Crippen molar-refractivity contribution in [1.29, 1.82) is 0 Å². The zero-order valence-corrected chi connectivity index (χ0v) is 17.3. The molecule has 0 saturated heterocycles. The van der Waals surface area contributed by atoms with Gasteiger partial charge in [-0.25, -0.2) is 0 Å². The highest BCUT2D eigenvalue weighted by Crippen LogP contribution is 2.21. The van der Waals surface area contributed by atoms with Crippen molar-refractivity contribution in [3.05, 3.63) is 59.2 Å². The van der Waals surface area contributed by atoms with Crippen LogP contribution in [0.4, 0.5) is 5.69 Å². The number of amidine groups is 1. The minimum Gasteiger partial charge on any atom is -0.480 e. The summed E-state index contributed by atoms with van der Waals surface area (Å²) in [6.45, 7) is 5.92. The lowest BCUT2D eigenvalue weighted by molar-refractivity contribution is -0.122. The minimum atomic E-state index is -0.664. The van der Waals surface area contributed by atoms with E-state index >= 15 is 0 Å². The van der Waals surface area contributed by atoms with Gasteiger partial charge in [-0.1, -0.05) is 30.7 Å². The molecule has 0 spiro atoms. The molecule has 0 aliphatic carbocycles. The largest absolute Gasteiger partial charge is 0.480 e. The molecule has 2 aromatic rings. The van der Waals surface area contributed by atoms with Gasteiger partial charge in [0, 0.05) is 11.3 Å². The fraction of sp³-hybridized carbons (Fsp3) is 0.304. The van der Waals surface area contributed by atoms with Crippen LogP contribution in [-0.2, 0) is 9.59 Å². The minimum absolute atomic E-state index is 0.0271. The highest BCUT2D eigenvalue weighted by molar-refractivity contribution is 6.14. The lowest BCUT2D eigenvalue weighted by Crippen LogP contribution is -2.33. The number of nitrogens with zero attached hydrogens (tertiary/aromatic N) is 1. The van der Waals surface area contributed by atoms with Crippen LogP contribution in [0.5, 0.6) is 5.75 Å². The molecule has 0 bridgehead atoms.